The number of ketones is 1. The molecule has 0 atom stereocenters. The van der Waals surface area contributed by atoms with Gasteiger partial charge in [-0.05, 0) is 50.1 Å². The van der Waals surface area contributed by atoms with Crippen LogP contribution in [0.3, 0.4) is 0 Å². The summed E-state index contributed by atoms with van der Waals surface area (Å²) in [4.78, 5) is 12.1. The van der Waals surface area contributed by atoms with E-state index in [1.807, 2.05) is 5.38 Å². The minimum absolute atomic E-state index is 0.125. The molecule has 1 aromatic carbocycles. The Labute approximate surface area is 113 Å². The fraction of sp³-hybridized carbons (Fsp3) is 0. The number of halogens is 3. The van der Waals surface area contributed by atoms with Crippen molar-refractivity contribution < 1.29 is 9.18 Å². The third kappa shape index (κ3) is 2.26. The number of carbonyl (C=O) groups excluding carboxylic acids is 1. The molecule has 0 fully saturated rings. The van der Waals surface area contributed by atoms with Crippen LogP contribution >= 0.6 is 43.2 Å². The first-order valence-electron chi connectivity index (χ1n) is 4.31. The molecule has 0 radical (unpaired) electrons. The topological polar surface area (TPSA) is 17.1 Å². The van der Waals surface area contributed by atoms with Gasteiger partial charge >= 0.3 is 0 Å². The second-order valence-corrected chi connectivity index (χ2v) is 5.54. The van der Waals surface area contributed by atoms with Crippen LogP contribution in [-0.2, 0) is 0 Å². The van der Waals surface area contributed by atoms with Gasteiger partial charge in [-0.3, -0.25) is 4.79 Å². The highest BCUT2D eigenvalue weighted by Gasteiger charge is 2.16. The third-order valence-corrected chi connectivity index (χ3v) is 4.39. The van der Waals surface area contributed by atoms with Crippen molar-refractivity contribution in [1.29, 1.82) is 0 Å². The lowest BCUT2D eigenvalue weighted by molar-refractivity contribution is 0.103. The van der Waals surface area contributed by atoms with Crippen LogP contribution in [0.2, 0.25) is 0 Å². The highest BCUT2D eigenvalue weighted by Crippen LogP contribution is 2.27. The molecule has 0 amide bonds. The summed E-state index contributed by atoms with van der Waals surface area (Å²) < 4.78 is 14.1. The largest absolute Gasteiger partial charge is 0.288 e. The lowest BCUT2D eigenvalue weighted by Crippen LogP contribution is -2.01. The van der Waals surface area contributed by atoms with E-state index in [4.69, 9.17) is 0 Å². The Hall–Kier alpha value is -0.520. The van der Waals surface area contributed by atoms with Crippen molar-refractivity contribution in [1.82, 2.24) is 0 Å². The Morgan fingerprint density at radius 1 is 1.12 bits per heavy atom. The zero-order valence-electron chi connectivity index (χ0n) is 7.84. The van der Waals surface area contributed by atoms with Gasteiger partial charge in [-0.1, -0.05) is 0 Å². The number of benzene rings is 1. The average molecular weight is 364 g/mol. The molecule has 0 saturated carbocycles. The highest BCUT2D eigenvalue weighted by molar-refractivity contribution is 9.11. The van der Waals surface area contributed by atoms with Gasteiger partial charge in [0.15, 0.2) is 5.78 Å². The summed E-state index contributed by atoms with van der Waals surface area (Å²) in [5.74, 6) is -0.493. The minimum atomic E-state index is -0.368. The molecule has 1 heterocycles. The zero-order chi connectivity index (χ0) is 11.7. The van der Waals surface area contributed by atoms with Crippen LogP contribution in [-0.4, -0.2) is 5.78 Å². The predicted octanol–water partition coefficient (Wildman–Crippen LogP) is 4.64. The third-order valence-electron chi connectivity index (χ3n) is 2.04. The molecule has 0 aliphatic carbocycles. The van der Waals surface area contributed by atoms with Crippen LogP contribution in [0.4, 0.5) is 4.39 Å². The fourth-order valence-corrected chi connectivity index (χ4v) is 3.25. The molecular formula is C11H5Br2FOS. The molecular weight excluding hydrogens is 359 g/mol. The van der Waals surface area contributed by atoms with Gasteiger partial charge < -0.3 is 0 Å². The Bertz CT molecular complexity index is 551. The maximum absolute atomic E-state index is 12.9. The number of hydrogen-bond acceptors (Lipinski definition) is 2. The van der Waals surface area contributed by atoms with E-state index in [1.165, 1.54) is 29.5 Å². The van der Waals surface area contributed by atoms with E-state index >= 15 is 0 Å². The Morgan fingerprint density at radius 2 is 1.88 bits per heavy atom. The van der Waals surface area contributed by atoms with Gasteiger partial charge in [0.25, 0.3) is 0 Å². The van der Waals surface area contributed by atoms with Crippen molar-refractivity contribution in [2.24, 2.45) is 0 Å². The molecule has 0 aliphatic heterocycles. The molecule has 0 N–H and O–H groups in total. The molecule has 0 saturated heterocycles. The van der Waals surface area contributed by atoms with Gasteiger partial charge in [-0.15, -0.1) is 0 Å². The predicted molar refractivity (Wildman–Crippen MR) is 69.6 cm³/mol. The number of carbonyl (C=O) groups is 1. The van der Waals surface area contributed by atoms with Gasteiger partial charge in [0, 0.05) is 30.8 Å². The summed E-state index contributed by atoms with van der Waals surface area (Å²) in [6, 6.07) is 4.04. The van der Waals surface area contributed by atoms with Crippen molar-refractivity contribution in [3.05, 3.63) is 54.8 Å². The molecule has 2 rings (SSSR count). The Kier molecular flexibility index (Phi) is 3.56. The SMILES string of the molecule is O=C(c1ccc(F)cc1Br)c1cscc1Br. The van der Waals surface area contributed by atoms with Gasteiger partial charge in [0.1, 0.15) is 5.82 Å². The maximum atomic E-state index is 12.9. The van der Waals surface area contributed by atoms with Gasteiger partial charge in [-0.25, -0.2) is 4.39 Å². The van der Waals surface area contributed by atoms with Crippen LogP contribution in [0.15, 0.2) is 37.9 Å². The van der Waals surface area contributed by atoms with E-state index in [9.17, 15) is 9.18 Å². The van der Waals surface area contributed by atoms with Crippen molar-refractivity contribution in [3.63, 3.8) is 0 Å². The first kappa shape index (κ1) is 12.0. The first-order valence-corrected chi connectivity index (χ1v) is 6.84. The smallest absolute Gasteiger partial charge is 0.196 e. The highest BCUT2D eigenvalue weighted by atomic mass is 79.9. The van der Waals surface area contributed by atoms with Crippen LogP contribution in [0.25, 0.3) is 0 Å². The number of hydrogen-bond donors (Lipinski definition) is 0. The van der Waals surface area contributed by atoms with Crippen molar-refractivity contribution in [2.45, 2.75) is 0 Å². The summed E-state index contributed by atoms with van der Waals surface area (Å²) in [6.45, 7) is 0. The molecule has 0 unspecified atom stereocenters. The van der Waals surface area contributed by atoms with Gasteiger partial charge in [-0.2, -0.15) is 11.3 Å². The minimum Gasteiger partial charge on any atom is -0.288 e. The summed E-state index contributed by atoms with van der Waals surface area (Å²) in [5, 5.41) is 3.60. The van der Waals surface area contributed by atoms with Crippen LogP contribution in [0, 0.1) is 5.82 Å². The quantitative estimate of drug-likeness (QED) is 0.710. The molecule has 0 aliphatic rings. The molecule has 82 valence electrons. The summed E-state index contributed by atoms with van der Waals surface area (Å²) in [7, 11) is 0. The molecule has 2 aromatic rings. The molecule has 0 bridgehead atoms. The first-order chi connectivity index (χ1) is 7.59. The maximum Gasteiger partial charge on any atom is 0.196 e. The summed E-state index contributed by atoms with van der Waals surface area (Å²) >= 11 is 7.93. The Balaban J connectivity index is 2.46. The fourth-order valence-electron chi connectivity index (χ4n) is 1.26. The lowest BCUT2D eigenvalue weighted by Gasteiger charge is -2.02. The van der Waals surface area contributed by atoms with E-state index in [-0.39, 0.29) is 11.6 Å². The average Bonchev–Trinajstić information content (AvgIpc) is 2.63. The van der Waals surface area contributed by atoms with Crippen molar-refractivity contribution in [3.8, 4) is 0 Å². The van der Waals surface area contributed by atoms with Crippen LogP contribution in [0.1, 0.15) is 15.9 Å². The van der Waals surface area contributed by atoms with Gasteiger partial charge in [0.05, 0.1) is 0 Å². The normalized spacial score (nSPS) is 10.4. The van der Waals surface area contributed by atoms with Crippen LogP contribution in [0.5, 0.6) is 0 Å². The molecule has 1 aromatic heterocycles. The molecule has 1 nitrogen and oxygen atoms in total. The van der Waals surface area contributed by atoms with E-state index in [0.29, 0.717) is 15.6 Å². The monoisotopic (exact) mass is 362 g/mol. The zero-order valence-corrected chi connectivity index (χ0v) is 11.8. The standard InChI is InChI=1S/C11H5Br2FOS/c12-9-3-6(14)1-2-7(9)11(15)8-4-16-5-10(8)13/h1-5H. The van der Waals surface area contributed by atoms with E-state index in [1.54, 1.807) is 5.38 Å². The number of rotatable bonds is 2. The second kappa shape index (κ2) is 4.77. The lowest BCUT2D eigenvalue weighted by atomic mass is 10.1. The van der Waals surface area contributed by atoms with Crippen LogP contribution < -0.4 is 0 Å². The second-order valence-electron chi connectivity index (χ2n) is 3.09. The molecule has 0 spiro atoms. The molecule has 5 heteroatoms. The number of thiophene rings is 1. The van der Waals surface area contributed by atoms with E-state index in [0.717, 1.165) is 4.47 Å². The summed E-state index contributed by atoms with van der Waals surface area (Å²) in [6.07, 6.45) is 0. The van der Waals surface area contributed by atoms with Crippen molar-refractivity contribution >= 4 is 49.0 Å². The summed E-state index contributed by atoms with van der Waals surface area (Å²) in [5.41, 5.74) is 1.05. The Morgan fingerprint density at radius 3 is 2.44 bits per heavy atom. The van der Waals surface area contributed by atoms with E-state index in [2.05, 4.69) is 31.9 Å². The molecule has 16 heavy (non-hydrogen) atoms. The van der Waals surface area contributed by atoms with Crippen molar-refractivity contribution in [2.75, 3.05) is 0 Å². The van der Waals surface area contributed by atoms with E-state index < -0.39 is 0 Å². The van der Waals surface area contributed by atoms with Gasteiger partial charge in [0.2, 0.25) is 0 Å².